The van der Waals surface area contributed by atoms with Crippen LogP contribution >= 0.6 is 23.2 Å². The second kappa shape index (κ2) is 12.1. The molecule has 8 heteroatoms. The molecule has 0 unspecified atom stereocenters. The first kappa shape index (κ1) is 32.4. The van der Waals surface area contributed by atoms with Crippen LogP contribution in [0.5, 0.6) is 11.5 Å². The van der Waals surface area contributed by atoms with Crippen molar-refractivity contribution >= 4 is 46.6 Å². The van der Waals surface area contributed by atoms with E-state index in [1.807, 2.05) is 84.9 Å². The summed E-state index contributed by atoms with van der Waals surface area (Å²) in [6.45, 7) is 6.78. The van der Waals surface area contributed by atoms with E-state index in [1.165, 1.54) is 10.5 Å². The number of carbonyl (C=O) groups excluding carboxylic acids is 3. The van der Waals surface area contributed by atoms with E-state index in [9.17, 15) is 14.4 Å². The fourth-order valence-corrected chi connectivity index (χ4v) is 8.76. The number of amides is 3. The first-order valence-corrected chi connectivity index (χ1v) is 17.3. The molecular formula is C40H38Cl2N2O4. The number of nitrogens with zero attached hydrogens (tertiary/aromatic N) is 1. The van der Waals surface area contributed by atoms with E-state index in [4.69, 9.17) is 27.9 Å². The maximum absolute atomic E-state index is 13.9. The van der Waals surface area contributed by atoms with Crippen molar-refractivity contribution in [3.8, 4) is 11.5 Å². The maximum atomic E-state index is 13.9. The lowest BCUT2D eigenvalue weighted by atomic mass is 9.54. The first-order valence-electron chi connectivity index (χ1n) is 16.6. The largest absolute Gasteiger partial charge is 0.457 e. The van der Waals surface area contributed by atoms with Gasteiger partial charge in [-0.3, -0.25) is 19.3 Å². The van der Waals surface area contributed by atoms with Gasteiger partial charge in [0.25, 0.3) is 0 Å². The summed E-state index contributed by atoms with van der Waals surface area (Å²) in [5.74, 6) is -0.787. The minimum absolute atomic E-state index is 0.0762. The Kier molecular flexibility index (Phi) is 8.16. The summed E-state index contributed by atoms with van der Waals surface area (Å²) >= 11 is 15.0. The molecule has 1 heterocycles. The Labute approximate surface area is 291 Å². The molecule has 4 aromatic rings. The van der Waals surface area contributed by atoms with Crippen molar-refractivity contribution in [3.05, 3.63) is 125 Å². The zero-order valence-corrected chi connectivity index (χ0v) is 28.8. The van der Waals surface area contributed by atoms with Crippen LogP contribution in [0.3, 0.4) is 0 Å². The number of halogens is 2. The van der Waals surface area contributed by atoms with Crippen molar-refractivity contribution < 1.29 is 19.1 Å². The molecule has 1 aliphatic heterocycles. The van der Waals surface area contributed by atoms with Crippen molar-refractivity contribution in [3.63, 3.8) is 0 Å². The summed E-state index contributed by atoms with van der Waals surface area (Å²) < 4.78 is 5.97. The van der Waals surface area contributed by atoms with Gasteiger partial charge in [-0.05, 0) is 82.5 Å². The number of rotatable bonds is 9. The van der Waals surface area contributed by atoms with Crippen LogP contribution in [-0.4, -0.2) is 29.2 Å². The van der Waals surface area contributed by atoms with Crippen LogP contribution in [0.2, 0.25) is 0 Å². The summed E-state index contributed by atoms with van der Waals surface area (Å²) in [5, 5.41) is 2.94. The van der Waals surface area contributed by atoms with Gasteiger partial charge in [0.2, 0.25) is 17.7 Å². The van der Waals surface area contributed by atoms with Crippen LogP contribution in [0.4, 0.5) is 5.69 Å². The highest BCUT2D eigenvalue weighted by Gasteiger charge is 2.72. The number of ether oxygens (including phenoxy) is 1. The van der Waals surface area contributed by atoms with Crippen molar-refractivity contribution in [2.24, 2.45) is 11.8 Å². The highest BCUT2D eigenvalue weighted by atomic mass is 35.5. The molecule has 0 spiro atoms. The number of hydrogen-bond acceptors (Lipinski definition) is 4. The highest BCUT2D eigenvalue weighted by molar-refractivity contribution is 6.36. The fourth-order valence-electron chi connectivity index (χ4n) is 7.67. The van der Waals surface area contributed by atoms with Crippen LogP contribution in [0.25, 0.3) is 0 Å². The Hall–Kier alpha value is -4.13. The molecule has 1 N–H and O–H groups in total. The van der Waals surface area contributed by atoms with Gasteiger partial charge in [0.1, 0.15) is 21.2 Å². The third kappa shape index (κ3) is 5.21. The lowest BCUT2D eigenvalue weighted by molar-refractivity contribution is -0.140. The van der Waals surface area contributed by atoms with Gasteiger partial charge in [-0.1, -0.05) is 87.9 Å². The van der Waals surface area contributed by atoms with Gasteiger partial charge < -0.3 is 10.1 Å². The van der Waals surface area contributed by atoms with E-state index in [-0.39, 0.29) is 29.7 Å². The van der Waals surface area contributed by atoms with Crippen molar-refractivity contribution in [2.75, 3.05) is 11.9 Å². The Bertz CT molecular complexity index is 1780. The molecule has 0 aromatic heterocycles. The number of hydrogen-bond donors (Lipinski definition) is 1. The number of anilines is 1. The van der Waals surface area contributed by atoms with Gasteiger partial charge in [0.15, 0.2) is 0 Å². The molecule has 246 valence electrons. The fraction of sp³-hybridized carbons (Fsp3) is 0.325. The number of unbranched alkanes of at least 4 members (excludes halogenated alkanes) is 2. The average Bonchev–Trinajstić information content (AvgIpc) is 3.34. The van der Waals surface area contributed by atoms with E-state index in [2.05, 4.69) is 38.2 Å². The van der Waals surface area contributed by atoms with E-state index in [0.717, 1.165) is 28.0 Å². The van der Waals surface area contributed by atoms with Gasteiger partial charge >= 0.3 is 0 Å². The minimum Gasteiger partial charge on any atom is -0.457 e. The Morgan fingerprint density at radius 2 is 1.17 bits per heavy atom. The first-order chi connectivity index (χ1) is 22.9. The lowest BCUT2D eigenvalue weighted by Gasteiger charge is -2.54. The second-order valence-electron chi connectivity index (χ2n) is 14.1. The third-order valence-corrected chi connectivity index (χ3v) is 11.3. The quantitative estimate of drug-likeness (QED) is 0.109. The molecule has 1 fully saturated rings. The predicted octanol–water partition coefficient (Wildman–Crippen LogP) is 8.87. The molecule has 2 atom stereocenters. The Morgan fingerprint density at radius 3 is 1.62 bits per heavy atom. The van der Waals surface area contributed by atoms with Crippen molar-refractivity contribution in [2.45, 2.75) is 61.6 Å². The zero-order chi connectivity index (χ0) is 33.8. The number of nitrogens with one attached hydrogen (secondary N) is 1. The molecule has 3 amide bonds. The minimum atomic E-state index is -1.17. The van der Waals surface area contributed by atoms with Crippen LogP contribution in [0.15, 0.2) is 97.1 Å². The monoisotopic (exact) mass is 680 g/mol. The van der Waals surface area contributed by atoms with Gasteiger partial charge in [-0.15, -0.1) is 23.2 Å². The van der Waals surface area contributed by atoms with Gasteiger partial charge in [0.05, 0.1) is 11.8 Å². The van der Waals surface area contributed by atoms with E-state index >= 15 is 0 Å². The SMILES string of the molecule is CC(C)(C)c1ccc(Oc2ccc(NC(=O)CCCCCN3C(=O)[C@@H]4[C@H](C3=O)C3(Cl)c5ccccc5C4(Cl)c4ccccc43)cc2)cc1. The summed E-state index contributed by atoms with van der Waals surface area (Å²) in [6, 6.07) is 30.6. The van der Waals surface area contributed by atoms with Crippen LogP contribution in [-0.2, 0) is 29.5 Å². The van der Waals surface area contributed by atoms with Gasteiger partial charge in [-0.25, -0.2) is 0 Å². The van der Waals surface area contributed by atoms with Crippen LogP contribution in [0, 0.1) is 11.8 Å². The molecule has 3 aliphatic carbocycles. The number of alkyl halides is 2. The lowest BCUT2D eigenvalue weighted by Crippen LogP contribution is -2.57. The molecule has 4 aromatic carbocycles. The third-order valence-electron chi connectivity index (χ3n) is 10.1. The molecule has 8 rings (SSSR count). The molecule has 0 radical (unpaired) electrons. The molecular weight excluding hydrogens is 643 g/mol. The molecule has 0 saturated carbocycles. The normalized spacial score (nSPS) is 23.8. The number of imide groups is 1. The van der Waals surface area contributed by atoms with Crippen LogP contribution in [0.1, 0.15) is 74.3 Å². The zero-order valence-electron chi connectivity index (χ0n) is 27.3. The molecule has 1 saturated heterocycles. The standard InChI is InChI=1S/C40H38Cl2N2O4/c1-38(2,3)25-16-20-27(21-17-25)48-28-22-18-26(19-23-28)43-33(45)15-5-4-10-24-44-36(46)34-35(37(44)47)40(42)30-12-7-6-11-29(30)39(34,41)31-13-8-9-14-32(31)40/h6-9,11-14,16-23,34-35H,4-5,10,15,24H2,1-3H3,(H,43,45)/t34-,35+,39?,40?. The molecule has 48 heavy (non-hydrogen) atoms. The topological polar surface area (TPSA) is 75.7 Å². The summed E-state index contributed by atoms with van der Waals surface area (Å²) in [7, 11) is 0. The number of benzene rings is 4. The van der Waals surface area contributed by atoms with Crippen molar-refractivity contribution in [1.29, 1.82) is 0 Å². The van der Waals surface area contributed by atoms with Crippen molar-refractivity contribution in [1.82, 2.24) is 4.90 Å². The van der Waals surface area contributed by atoms with E-state index < -0.39 is 21.6 Å². The molecule has 6 nitrogen and oxygen atoms in total. The van der Waals surface area contributed by atoms with Crippen LogP contribution < -0.4 is 10.1 Å². The Morgan fingerprint density at radius 1 is 0.708 bits per heavy atom. The van der Waals surface area contributed by atoms with E-state index in [0.29, 0.717) is 37.1 Å². The average molecular weight is 682 g/mol. The maximum Gasteiger partial charge on any atom is 0.235 e. The highest BCUT2D eigenvalue weighted by Crippen LogP contribution is 2.69. The Balaban J connectivity index is 0.926. The second-order valence-corrected chi connectivity index (χ2v) is 15.3. The smallest absolute Gasteiger partial charge is 0.235 e. The summed E-state index contributed by atoms with van der Waals surface area (Å²) in [6.07, 6.45) is 2.21. The number of likely N-dealkylation sites (tertiary alicyclic amines) is 1. The number of carbonyl (C=O) groups is 3. The van der Waals surface area contributed by atoms with E-state index in [1.54, 1.807) is 0 Å². The predicted molar refractivity (Wildman–Crippen MR) is 189 cm³/mol. The van der Waals surface area contributed by atoms with Gasteiger partial charge in [0, 0.05) is 18.7 Å². The van der Waals surface area contributed by atoms with Gasteiger partial charge in [-0.2, -0.15) is 0 Å². The summed E-state index contributed by atoms with van der Waals surface area (Å²) in [4.78, 5) is 39.6. The molecule has 4 aliphatic rings. The molecule has 2 bridgehead atoms. The summed E-state index contributed by atoms with van der Waals surface area (Å²) in [5.41, 5.74) is 5.18.